The Morgan fingerprint density at radius 3 is 2.67 bits per heavy atom. The number of amides is 1. The Hall–Kier alpha value is -1.87. The van der Waals surface area contributed by atoms with Crippen LogP contribution in [0.3, 0.4) is 0 Å². The molecule has 3 heterocycles. The number of halogens is 1. The van der Waals surface area contributed by atoms with Crippen LogP contribution in [0.15, 0.2) is 47.0 Å². The first-order valence-corrected chi connectivity index (χ1v) is 12.2. The molecule has 1 saturated heterocycles. The highest BCUT2D eigenvalue weighted by Crippen LogP contribution is 2.26. The van der Waals surface area contributed by atoms with Gasteiger partial charge < -0.3 is 9.42 Å². The summed E-state index contributed by atoms with van der Waals surface area (Å²) in [5, 5.41) is 4.12. The van der Waals surface area contributed by atoms with E-state index in [4.69, 9.17) is 16.1 Å². The van der Waals surface area contributed by atoms with E-state index in [1.165, 1.54) is 4.88 Å². The molecule has 1 unspecified atom stereocenters. The van der Waals surface area contributed by atoms with Crippen molar-refractivity contribution in [2.75, 3.05) is 31.9 Å². The monoisotopic (exact) mass is 462 g/mol. The van der Waals surface area contributed by atoms with Crippen LogP contribution in [0.2, 0.25) is 4.34 Å². The predicted octanol–water partition coefficient (Wildman–Crippen LogP) is 4.59. The first-order valence-electron chi connectivity index (χ1n) is 9.83. The molecule has 1 atom stereocenters. The molecule has 0 aliphatic carbocycles. The lowest BCUT2D eigenvalue weighted by Gasteiger charge is -2.36. The zero-order valence-corrected chi connectivity index (χ0v) is 19.1. The molecular weight excluding hydrogens is 440 g/mol. The molecule has 158 valence electrons. The Labute approximate surface area is 189 Å². The number of benzene rings is 1. The van der Waals surface area contributed by atoms with Crippen molar-refractivity contribution in [3.63, 3.8) is 0 Å². The molecule has 3 aromatic rings. The number of thioether (sulfide) groups is 1. The summed E-state index contributed by atoms with van der Waals surface area (Å²) in [4.78, 5) is 22.5. The summed E-state index contributed by atoms with van der Waals surface area (Å²) in [5.41, 5.74) is 0.942. The van der Waals surface area contributed by atoms with E-state index >= 15 is 0 Å². The van der Waals surface area contributed by atoms with Crippen molar-refractivity contribution in [3.05, 3.63) is 57.6 Å². The molecule has 1 aromatic carbocycles. The molecule has 30 heavy (non-hydrogen) atoms. The Bertz CT molecular complexity index is 970. The Balaban J connectivity index is 1.24. The maximum Gasteiger partial charge on any atom is 0.244 e. The zero-order chi connectivity index (χ0) is 20.9. The fourth-order valence-corrected chi connectivity index (χ4v) is 5.51. The number of thiophene rings is 1. The first kappa shape index (κ1) is 21.4. The highest BCUT2D eigenvalue weighted by Gasteiger charge is 2.27. The first-order chi connectivity index (χ1) is 14.6. The van der Waals surface area contributed by atoms with Crippen LogP contribution in [0.25, 0.3) is 11.4 Å². The molecule has 4 rings (SSSR count). The van der Waals surface area contributed by atoms with E-state index in [1.54, 1.807) is 23.1 Å². The standard InChI is InChI=1S/C21H23ClN4O2S2/c1-15(21-23-20(24-28-21)16-5-3-2-4-6-16)25-9-11-26(12-10-25)19(27)14-29-13-17-7-8-18(22)30-17/h2-8,15H,9-14H2,1H3. The van der Waals surface area contributed by atoms with Gasteiger partial charge in [-0.05, 0) is 19.1 Å². The van der Waals surface area contributed by atoms with Gasteiger partial charge in [-0.25, -0.2) is 0 Å². The topological polar surface area (TPSA) is 62.5 Å². The number of rotatable bonds is 7. The highest BCUT2D eigenvalue weighted by atomic mass is 35.5. The Morgan fingerprint density at radius 2 is 1.97 bits per heavy atom. The minimum Gasteiger partial charge on any atom is -0.339 e. The summed E-state index contributed by atoms with van der Waals surface area (Å²) < 4.78 is 6.30. The van der Waals surface area contributed by atoms with E-state index in [0.29, 0.717) is 30.6 Å². The van der Waals surface area contributed by atoms with Gasteiger partial charge in [0.15, 0.2) is 0 Å². The summed E-state index contributed by atoms with van der Waals surface area (Å²) in [6, 6.07) is 13.7. The van der Waals surface area contributed by atoms with Gasteiger partial charge in [-0.1, -0.05) is 47.1 Å². The quantitative estimate of drug-likeness (QED) is 0.511. The van der Waals surface area contributed by atoms with E-state index in [2.05, 4.69) is 22.0 Å². The fourth-order valence-electron chi connectivity index (χ4n) is 3.38. The Morgan fingerprint density at radius 1 is 1.20 bits per heavy atom. The molecule has 2 aromatic heterocycles. The number of carbonyl (C=O) groups excluding carboxylic acids is 1. The normalized spacial score (nSPS) is 16.0. The molecule has 0 bridgehead atoms. The van der Waals surface area contributed by atoms with Gasteiger partial charge in [0, 0.05) is 42.4 Å². The van der Waals surface area contributed by atoms with Gasteiger partial charge in [-0.15, -0.1) is 23.1 Å². The van der Waals surface area contributed by atoms with Gasteiger partial charge in [0.25, 0.3) is 0 Å². The van der Waals surface area contributed by atoms with Crippen molar-refractivity contribution in [2.24, 2.45) is 0 Å². The van der Waals surface area contributed by atoms with Crippen molar-refractivity contribution in [3.8, 4) is 11.4 Å². The van der Waals surface area contributed by atoms with Crippen LogP contribution in [0.5, 0.6) is 0 Å². The molecule has 1 amide bonds. The number of hydrogen-bond acceptors (Lipinski definition) is 7. The number of carbonyl (C=O) groups is 1. The third kappa shape index (κ3) is 5.24. The molecule has 1 fully saturated rings. The summed E-state index contributed by atoms with van der Waals surface area (Å²) in [5.74, 6) is 2.73. The summed E-state index contributed by atoms with van der Waals surface area (Å²) in [6.45, 7) is 5.09. The zero-order valence-electron chi connectivity index (χ0n) is 16.7. The fraction of sp³-hybridized carbons (Fsp3) is 0.381. The van der Waals surface area contributed by atoms with Gasteiger partial charge >= 0.3 is 0 Å². The SMILES string of the molecule is CC(c1nc(-c2ccccc2)no1)N1CCN(C(=O)CSCc2ccc(Cl)s2)CC1. The van der Waals surface area contributed by atoms with Crippen LogP contribution in [0.1, 0.15) is 23.7 Å². The van der Waals surface area contributed by atoms with E-state index in [9.17, 15) is 4.79 Å². The highest BCUT2D eigenvalue weighted by molar-refractivity contribution is 7.99. The van der Waals surface area contributed by atoms with Gasteiger partial charge in [0.05, 0.1) is 16.1 Å². The summed E-state index contributed by atoms with van der Waals surface area (Å²) >= 11 is 9.16. The van der Waals surface area contributed by atoms with E-state index in [0.717, 1.165) is 28.7 Å². The van der Waals surface area contributed by atoms with Crippen molar-refractivity contribution >= 4 is 40.6 Å². The third-order valence-corrected chi connectivity index (χ3v) is 7.52. The van der Waals surface area contributed by atoms with Crippen LogP contribution in [0.4, 0.5) is 0 Å². The molecule has 0 radical (unpaired) electrons. The lowest BCUT2D eigenvalue weighted by atomic mass is 10.2. The summed E-state index contributed by atoms with van der Waals surface area (Å²) in [6.07, 6.45) is 0. The lowest BCUT2D eigenvalue weighted by molar-refractivity contribution is -0.130. The molecule has 0 N–H and O–H groups in total. The molecule has 0 spiro atoms. The van der Waals surface area contributed by atoms with Gasteiger partial charge in [-0.3, -0.25) is 9.69 Å². The average Bonchev–Trinajstić information content (AvgIpc) is 3.43. The minimum absolute atomic E-state index is 0.0187. The second kappa shape index (κ2) is 9.96. The van der Waals surface area contributed by atoms with Crippen LogP contribution in [-0.2, 0) is 10.5 Å². The average molecular weight is 463 g/mol. The van der Waals surface area contributed by atoms with Crippen molar-refractivity contribution in [1.82, 2.24) is 19.9 Å². The van der Waals surface area contributed by atoms with Gasteiger partial charge in [0.2, 0.25) is 17.6 Å². The summed E-state index contributed by atoms with van der Waals surface area (Å²) in [7, 11) is 0. The predicted molar refractivity (Wildman–Crippen MR) is 122 cm³/mol. The third-order valence-electron chi connectivity index (χ3n) is 5.14. The number of nitrogens with zero attached hydrogens (tertiary/aromatic N) is 4. The Kier molecular flexibility index (Phi) is 7.09. The van der Waals surface area contributed by atoms with Crippen LogP contribution in [0, 0.1) is 0 Å². The van der Waals surface area contributed by atoms with Crippen LogP contribution >= 0.6 is 34.7 Å². The maximum absolute atomic E-state index is 12.5. The molecule has 0 saturated carbocycles. The van der Waals surface area contributed by atoms with Gasteiger partial charge in [0.1, 0.15) is 0 Å². The molecule has 6 nitrogen and oxygen atoms in total. The van der Waals surface area contributed by atoms with Crippen molar-refractivity contribution in [1.29, 1.82) is 0 Å². The molecule has 1 aliphatic heterocycles. The van der Waals surface area contributed by atoms with Crippen LogP contribution < -0.4 is 0 Å². The smallest absolute Gasteiger partial charge is 0.244 e. The lowest BCUT2D eigenvalue weighted by Crippen LogP contribution is -2.49. The second-order valence-electron chi connectivity index (χ2n) is 7.11. The minimum atomic E-state index is 0.0187. The maximum atomic E-state index is 12.5. The largest absolute Gasteiger partial charge is 0.339 e. The number of piperazine rings is 1. The van der Waals surface area contributed by atoms with Gasteiger partial charge in [-0.2, -0.15) is 4.98 Å². The second-order valence-corrected chi connectivity index (χ2v) is 9.90. The molecule has 9 heteroatoms. The number of aromatic nitrogens is 2. The molecular formula is C21H23ClN4O2S2. The molecule has 1 aliphatic rings. The van der Waals surface area contributed by atoms with E-state index in [-0.39, 0.29) is 11.9 Å². The van der Waals surface area contributed by atoms with Crippen molar-refractivity contribution < 1.29 is 9.32 Å². The van der Waals surface area contributed by atoms with E-state index < -0.39 is 0 Å². The van der Waals surface area contributed by atoms with Crippen molar-refractivity contribution in [2.45, 2.75) is 18.7 Å². The van der Waals surface area contributed by atoms with Crippen LogP contribution in [-0.4, -0.2) is 57.8 Å². The van der Waals surface area contributed by atoms with E-state index in [1.807, 2.05) is 47.4 Å². The number of hydrogen-bond donors (Lipinski definition) is 0.